The summed E-state index contributed by atoms with van der Waals surface area (Å²) in [6.07, 6.45) is 5.42. The molecule has 2 fully saturated rings. The second-order valence-corrected chi connectivity index (χ2v) is 8.43. The maximum atomic E-state index is 6.29. The Kier molecular flexibility index (Phi) is 7.19. The lowest BCUT2D eigenvalue weighted by Gasteiger charge is -2.27. The van der Waals surface area contributed by atoms with Gasteiger partial charge in [-0.15, -0.1) is 0 Å². The molecule has 3 rings (SSSR count). The van der Waals surface area contributed by atoms with Gasteiger partial charge in [0.2, 0.25) is 0 Å². The van der Waals surface area contributed by atoms with Crippen molar-refractivity contribution < 1.29 is 0 Å². The van der Waals surface area contributed by atoms with E-state index in [2.05, 4.69) is 44.3 Å². The lowest BCUT2D eigenvalue weighted by Crippen LogP contribution is -2.48. The summed E-state index contributed by atoms with van der Waals surface area (Å²) in [7, 11) is 1.85. The molecule has 2 saturated heterocycles. The predicted molar refractivity (Wildman–Crippen MR) is 114 cm³/mol. The molecular weight excluding hydrogens is 360 g/mol. The Balaban J connectivity index is 1.48. The van der Waals surface area contributed by atoms with Gasteiger partial charge in [-0.05, 0) is 43.9 Å². The molecule has 3 heterocycles. The van der Waals surface area contributed by atoms with Gasteiger partial charge in [0, 0.05) is 51.5 Å². The van der Waals surface area contributed by atoms with E-state index in [4.69, 9.17) is 11.6 Å². The van der Waals surface area contributed by atoms with Crippen LogP contribution >= 0.6 is 11.6 Å². The fraction of sp³-hybridized carbons (Fsp3) is 0.700. The second-order valence-electron chi connectivity index (χ2n) is 8.02. The first kappa shape index (κ1) is 20.2. The summed E-state index contributed by atoms with van der Waals surface area (Å²) >= 11 is 6.29. The van der Waals surface area contributed by atoms with Gasteiger partial charge in [0.15, 0.2) is 5.96 Å². The third kappa shape index (κ3) is 5.48. The molecule has 1 aromatic heterocycles. The number of halogens is 1. The molecule has 0 aromatic carbocycles. The molecular formula is C20H33ClN6. The molecule has 0 bridgehead atoms. The monoisotopic (exact) mass is 392 g/mol. The molecule has 0 radical (unpaired) electrons. The summed E-state index contributed by atoms with van der Waals surface area (Å²) < 4.78 is 0. The van der Waals surface area contributed by atoms with Gasteiger partial charge in [-0.1, -0.05) is 25.4 Å². The number of nitrogens with zero attached hydrogens (tertiary/aromatic N) is 4. The third-order valence-electron chi connectivity index (χ3n) is 5.40. The van der Waals surface area contributed by atoms with Crippen molar-refractivity contribution in [3.05, 3.63) is 23.4 Å². The van der Waals surface area contributed by atoms with Crippen molar-refractivity contribution in [3.63, 3.8) is 0 Å². The first-order valence-corrected chi connectivity index (χ1v) is 10.5. The van der Waals surface area contributed by atoms with E-state index in [0.29, 0.717) is 23.0 Å². The number of pyridine rings is 1. The van der Waals surface area contributed by atoms with Crippen LogP contribution in [0.1, 0.15) is 33.1 Å². The first-order valence-electron chi connectivity index (χ1n) is 10.1. The van der Waals surface area contributed by atoms with E-state index in [0.717, 1.165) is 37.8 Å². The van der Waals surface area contributed by atoms with Crippen molar-refractivity contribution in [1.29, 1.82) is 0 Å². The van der Waals surface area contributed by atoms with Gasteiger partial charge in [-0.2, -0.15) is 0 Å². The zero-order chi connectivity index (χ0) is 19.2. The van der Waals surface area contributed by atoms with Crippen LogP contribution in [0.5, 0.6) is 0 Å². The second kappa shape index (κ2) is 9.60. The summed E-state index contributed by atoms with van der Waals surface area (Å²) in [5.41, 5.74) is 0. The van der Waals surface area contributed by atoms with Gasteiger partial charge in [-0.3, -0.25) is 9.89 Å². The highest BCUT2D eigenvalue weighted by Gasteiger charge is 2.27. The fourth-order valence-corrected chi connectivity index (χ4v) is 4.36. The van der Waals surface area contributed by atoms with Crippen LogP contribution in [0, 0.1) is 5.92 Å². The van der Waals surface area contributed by atoms with E-state index in [1.165, 1.54) is 25.9 Å². The topological polar surface area (TPSA) is 55.8 Å². The number of aromatic nitrogens is 1. The number of hydrogen-bond donors (Lipinski definition) is 2. The molecule has 2 atom stereocenters. The number of nitrogens with one attached hydrogen (secondary N) is 2. The molecule has 6 nitrogen and oxygen atoms in total. The smallest absolute Gasteiger partial charge is 0.191 e. The Morgan fingerprint density at radius 2 is 2.22 bits per heavy atom. The van der Waals surface area contributed by atoms with Crippen LogP contribution in [0.4, 0.5) is 5.82 Å². The van der Waals surface area contributed by atoms with E-state index in [9.17, 15) is 0 Å². The van der Waals surface area contributed by atoms with E-state index < -0.39 is 0 Å². The third-order valence-corrected chi connectivity index (χ3v) is 5.69. The van der Waals surface area contributed by atoms with Gasteiger partial charge in [0.05, 0.1) is 5.02 Å². The van der Waals surface area contributed by atoms with Crippen LogP contribution in [0.2, 0.25) is 5.02 Å². The largest absolute Gasteiger partial charge is 0.355 e. The van der Waals surface area contributed by atoms with E-state index >= 15 is 0 Å². The zero-order valence-electron chi connectivity index (χ0n) is 16.8. The highest BCUT2D eigenvalue weighted by Crippen LogP contribution is 2.25. The Bertz CT molecular complexity index is 635. The van der Waals surface area contributed by atoms with E-state index in [1.54, 1.807) is 6.20 Å². The molecule has 7 heteroatoms. The van der Waals surface area contributed by atoms with Crippen molar-refractivity contribution in [2.75, 3.05) is 44.7 Å². The Hall–Kier alpha value is -1.53. The van der Waals surface area contributed by atoms with Gasteiger partial charge in [0.25, 0.3) is 0 Å². The quantitative estimate of drug-likeness (QED) is 0.575. The number of guanidine groups is 1. The van der Waals surface area contributed by atoms with Crippen molar-refractivity contribution in [2.24, 2.45) is 10.9 Å². The molecule has 2 aliphatic heterocycles. The average Bonchev–Trinajstić information content (AvgIpc) is 3.28. The molecule has 0 saturated carbocycles. The number of aliphatic imine (C=N–C) groups is 1. The molecule has 1 unspecified atom stereocenters. The summed E-state index contributed by atoms with van der Waals surface area (Å²) in [4.78, 5) is 13.7. The van der Waals surface area contributed by atoms with Gasteiger partial charge in [0.1, 0.15) is 5.82 Å². The maximum absolute atomic E-state index is 6.29. The average molecular weight is 393 g/mol. The molecule has 2 N–H and O–H groups in total. The Morgan fingerprint density at radius 1 is 1.37 bits per heavy atom. The molecule has 27 heavy (non-hydrogen) atoms. The normalized spacial score (nSPS) is 24.0. The molecule has 0 amide bonds. The highest BCUT2D eigenvalue weighted by atomic mass is 35.5. The van der Waals surface area contributed by atoms with E-state index in [1.807, 2.05) is 19.2 Å². The van der Waals surface area contributed by atoms with Crippen molar-refractivity contribution >= 4 is 23.4 Å². The fourth-order valence-electron chi connectivity index (χ4n) is 4.12. The summed E-state index contributed by atoms with van der Waals surface area (Å²) in [6, 6.07) is 4.73. The lowest BCUT2D eigenvalue weighted by atomic mass is 10.1. The molecule has 2 aliphatic rings. The summed E-state index contributed by atoms with van der Waals surface area (Å²) in [5, 5.41) is 7.83. The van der Waals surface area contributed by atoms with Crippen LogP contribution in [-0.2, 0) is 0 Å². The standard InChI is InChI=1S/C20H33ClN6/c1-15(2)13-26-10-5-6-17(26)12-24-20(22-3)25-16-8-11-27(14-16)19-18(21)7-4-9-23-19/h4,7,9,15-17H,5-6,8,10-14H2,1-3H3,(H2,22,24,25)/t16?,17-/m1/s1. The maximum Gasteiger partial charge on any atom is 0.191 e. The number of likely N-dealkylation sites (tertiary alicyclic amines) is 1. The van der Waals surface area contributed by atoms with Crippen molar-refractivity contribution in [1.82, 2.24) is 20.5 Å². The van der Waals surface area contributed by atoms with E-state index in [-0.39, 0.29) is 0 Å². The van der Waals surface area contributed by atoms with Crippen molar-refractivity contribution in [2.45, 2.75) is 45.2 Å². The first-order chi connectivity index (χ1) is 13.1. The minimum Gasteiger partial charge on any atom is -0.355 e. The van der Waals surface area contributed by atoms with Gasteiger partial charge in [-0.25, -0.2) is 4.98 Å². The Labute approximate surface area is 168 Å². The number of rotatable bonds is 6. The molecule has 0 aliphatic carbocycles. The summed E-state index contributed by atoms with van der Waals surface area (Å²) in [5.74, 6) is 2.48. The van der Waals surface area contributed by atoms with Crippen LogP contribution in [0.3, 0.4) is 0 Å². The molecule has 0 spiro atoms. The van der Waals surface area contributed by atoms with Gasteiger partial charge < -0.3 is 15.5 Å². The number of hydrogen-bond acceptors (Lipinski definition) is 4. The van der Waals surface area contributed by atoms with Gasteiger partial charge >= 0.3 is 0 Å². The van der Waals surface area contributed by atoms with Crippen molar-refractivity contribution in [3.8, 4) is 0 Å². The predicted octanol–water partition coefficient (Wildman–Crippen LogP) is 2.60. The van der Waals surface area contributed by atoms with Crippen LogP contribution in [0.25, 0.3) is 0 Å². The van der Waals surface area contributed by atoms with Crippen LogP contribution in [0.15, 0.2) is 23.3 Å². The van der Waals surface area contributed by atoms with Crippen LogP contribution in [-0.4, -0.2) is 67.7 Å². The Morgan fingerprint density at radius 3 is 2.96 bits per heavy atom. The molecule has 150 valence electrons. The summed E-state index contributed by atoms with van der Waals surface area (Å²) in [6.45, 7) is 9.79. The SMILES string of the molecule is CN=C(NC[C@H]1CCCN1CC(C)C)NC1CCN(c2ncccc2Cl)C1. The number of anilines is 1. The zero-order valence-corrected chi connectivity index (χ0v) is 17.5. The minimum atomic E-state index is 0.351. The minimum absolute atomic E-state index is 0.351. The highest BCUT2D eigenvalue weighted by molar-refractivity contribution is 6.32. The van der Waals surface area contributed by atoms with Crippen LogP contribution < -0.4 is 15.5 Å². The molecule has 1 aromatic rings. The lowest BCUT2D eigenvalue weighted by molar-refractivity contribution is 0.226.